The lowest BCUT2D eigenvalue weighted by Gasteiger charge is -2.33. The minimum Gasteiger partial charge on any atom is -0.497 e. The van der Waals surface area contributed by atoms with Gasteiger partial charge in [0.15, 0.2) is 0 Å². The number of nitrogens with one attached hydrogen (secondary N) is 1. The largest absolute Gasteiger partial charge is 0.497 e. The fourth-order valence-electron chi connectivity index (χ4n) is 2.98. The van der Waals surface area contributed by atoms with Gasteiger partial charge < -0.3 is 15.0 Å². The third kappa shape index (κ3) is 4.95. The van der Waals surface area contributed by atoms with Crippen LogP contribution in [0.4, 0.5) is 0 Å². The Kier molecular flexibility index (Phi) is 6.56. The summed E-state index contributed by atoms with van der Waals surface area (Å²) in [4.78, 5) is 27.1. The lowest BCUT2D eigenvalue weighted by atomic mass is 10.3. The van der Waals surface area contributed by atoms with Crippen LogP contribution in [-0.4, -0.2) is 62.7 Å². The standard InChI is InChI=1S/C19H23N3O5S2/c1-14(23)20-13-16-5-8-18(28-16)19(24)21-9-11-22(12-10-21)29(25,26)17-6-3-15(27-2)4-7-17/h3-8H,9-13H2,1-2H3,(H,20,23). The number of benzene rings is 1. The molecule has 0 atom stereocenters. The third-order valence-corrected chi connectivity index (χ3v) is 7.59. The molecule has 0 radical (unpaired) electrons. The molecule has 8 nitrogen and oxygen atoms in total. The average molecular weight is 438 g/mol. The van der Waals surface area contributed by atoms with Crippen LogP contribution in [0.2, 0.25) is 0 Å². The number of hydrogen-bond acceptors (Lipinski definition) is 6. The van der Waals surface area contributed by atoms with Crippen LogP contribution in [0.5, 0.6) is 5.75 Å². The summed E-state index contributed by atoms with van der Waals surface area (Å²) in [6, 6.07) is 9.83. The van der Waals surface area contributed by atoms with Crippen LogP contribution < -0.4 is 10.1 Å². The maximum absolute atomic E-state index is 12.8. The van der Waals surface area contributed by atoms with Gasteiger partial charge in [0, 0.05) is 38.0 Å². The van der Waals surface area contributed by atoms with Crippen molar-refractivity contribution in [3.8, 4) is 5.75 Å². The molecule has 156 valence electrons. The van der Waals surface area contributed by atoms with Gasteiger partial charge in [0.25, 0.3) is 5.91 Å². The van der Waals surface area contributed by atoms with Crippen molar-refractivity contribution >= 4 is 33.2 Å². The number of carbonyl (C=O) groups excluding carboxylic acids is 2. The highest BCUT2D eigenvalue weighted by atomic mass is 32.2. The van der Waals surface area contributed by atoms with Gasteiger partial charge in [-0.15, -0.1) is 11.3 Å². The second-order valence-corrected chi connectivity index (χ2v) is 9.65. The van der Waals surface area contributed by atoms with E-state index in [0.29, 0.717) is 30.3 Å². The Hall–Kier alpha value is -2.43. The fraction of sp³-hybridized carbons (Fsp3) is 0.368. The van der Waals surface area contributed by atoms with Crippen LogP contribution in [0.3, 0.4) is 0 Å². The zero-order valence-electron chi connectivity index (χ0n) is 16.3. The Balaban J connectivity index is 1.60. The quantitative estimate of drug-likeness (QED) is 0.740. The second kappa shape index (κ2) is 8.93. The van der Waals surface area contributed by atoms with E-state index in [1.54, 1.807) is 23.1 Å². The monoisotopic (exact) mass is 437 g/mol. The van der Waals surface area contributed by atoms with E-state index in [-0.39, 0.29) is 29.8 Å². The molecule has 2 amide bonds. The number of hydrogen-bond donors (Lipinski definition) is 1. The van der Waals surface area contributed by atoms with Crippen molar-refractivity contribution in [3.05, 3.63) is 46.2 Å². The molecule has 0 bridgehead atoms. The van der Waals surface area contributed by atoms with Gasteiger partial charge in [-0.3, -0.25) is 9.59 Å². The Labute approximate surface area is 174 Å². The molecule has 1 aromatic heterocycles. The predicted molar refractivity (Wildman–Crippen MR) is 109 cm³/mol. The van der Waals surface area contributed by atoms with E-state index >= 15 is 0 Å². The predicted octanol–water partition coefficient (Wildman–Crippen LogP) is 1.54. The molecule has 0 unspecified atom stereocenters. The average Bonchev–Trinajstić information content (AvgIpc) is 3.21. The van der Waals surface area contributed by atoms with E-state index in [4.69, 9.17) is 4.74 Å². The molecule has 1 N–H and O–H groups in total. The van der Waals surface area contributed by atoms with Gasteiger partial charge in [-0.2, -0.15) is 4.31 Å². The smallest absolute Gasteiger partial charge is 0.264 e. The first-order valence-electron chi connectivity index (χ1n) is 9.08. The van der Waals surface area contributed by atoms with Crippen molar-refractivity contribution in [2.75, 3.05) is 33.3 Å². The van der Waals surface area contributed by atoms with Crippen molar-refractivity contribution in [1.82, 2.24) is 14.5 Å². The van der Waals surface area contributed by atoms with E-state index in [1.807, 2.05) is 6.07 Å². The summed E-state index contributed by atoms with van der Waals surface area (Å²) in [6.07, 6.45) is 0. The summed E-state index contributed by atoms with van der Waals surface area (Å²) in [6.45, 7) is 2.97. The second-order valence-electron chi connectivity index (χ2n) is 6.55. The fourth-order valence-corrected chi connectivity index (χ4v) is 5.32. The molecular weight excluding hydrogens is 414 g/mol. The Morgan fingerprint density at radius 2 is 1.72 bits per heavy atom. The van der Waals surface area contributed by atoms with E-state index in [1.165, 1.54) is 41.8 Å². The molecule has 10 heteroatoms. The van der Waals surface area contributed by atoms with E-state index < -0.39 is 10.0 Å². The van der Waals surface area contributed by atoms with E-state index in [0.717, 1.165) is 4.88 Å². The Bertz CT molecular complexity index is 978. The van der Waals surface area contributed by atoms with Gasteiger partial charge in [0.1, 0.15) is 5.75 Å². The Morgan fingerprint density at radius 3 is 2.31 bits per heavy atom. The van der Waals surface area contributed by atoms with Gasteiger partial charge in [0.05, 0.1) is 23.4 Å². The number of ether oxygens (including phenoxy) is 1. The normalized spacial score (nSPS) is 15.2. The first-order chi connectivity index (χ1) is 13.8. The number of amides is 2. The first kappa shape index (κ1) is 21.3. The highest BCUT2D eigenvalue weighted by Gasteiger charge is 2.30. The minimum atomic E-state index is -3.61. The Morgan fingerprint density at radius 1 is 1.07 bits per heavy atom. The molecule has 3 rings (SSSR count). The SMILES string of the molecule is COc1ccc(S(=O)(=O)N2CCN(C(=O)c3ccc(CNC(C)=O)s3)CC2)cc1. The van der Waals surface area contributed by atoms with Crippen molar-refractivity contribution in [2.24, 2.45) is 0 Å². The number of nitrogens with zero attached hydrogens (tertiary/aromatic N) is 2. The molecule has 1 fully saturated rings. The number of piperazine rings is 1. The van der Waals surface area contributed by atoms with Crippen molar-refractivity contribution < 1.29 is 22.7 Å². The number of thiophene rings is 1. The first-order valence-corrected chi connectivity index (χ1v) is 11.3. The molecule has 1 saturated heterocycles. The lowest BCUT2D eigenvalue weighted by molar-refractivity contribution is -0.119. The summed E-state index contributed by atoms with van der Waals surface area (Å²) in [7, 11) is -2.09. The van der Waals surface area contributed by atoms with Crippen LogP contribution in [-0.2, 0) is 21.4 Å². The van der Waals surface area contributed by atoms with Gasteiger partial charge in [0.2, 0.25) is 15.9 Å². The maximum atomic E-state index is 12.8. The number of sulfonamides is 1. The van der Waals surface area contributed by atoms with Crippen molar-refractivity contribution in [2.45, 2.75) is 18.4 Å². The van der Waals surface area contributed by atoms with Crippen molar-refractivity contribution in [3.63, 3.8) is 0 Å². The van der Waals surface area contributed by atoms with E-state index in [2.05, 4.69) is 5.32 Å². The molecule has 0 saturated carbocycles. The number of methoxy groups -OCH3 is 1. The van der Waals surface area contributed by atoms with Crippen LogP contribution >= 0.6 is 11.3 Å². The van der Waals surface area contributed by atoms with Crippen LogP contribution in [0, 0.1) is 0 Å². The van der Waals surface area contributed by atoms with E-state index in [9.17, 15) is 18.0 Å². The molecule has 2 aromatic rings. The molecule has 1 aromatic carbocycles. The zero-order valence-corrected chi connectivity index (χ0v) is 17.9. The highest BCUT2D eigenvalue weighted by molar-refractivity contribution is 7.89. The summed E-state index contributed by atoms with van der Waals surface area (Å²) >= 11 is 1.33. The topological polar surface area (TPSA) is 96.0 Å². The summed E-state index contributed by atoms with van der Waals surface area (Å²) < 4.78 is 32.1. The summed E-state index contributed by atoms with van der Waals surface area (Å²) in [5, 5.41) is 2.70. The van der Waals surface area contributed by atoms with Crippen molar-refractivity contribution in [1.29, 1.82) is 0 Å². The number of rotatable bonds is 6. The van der Waals surface area contributed by atoms with Crippen LogP contribution in [0.15, 0.2) is 41.3 Å². The van der Waals surface area contributed by atoms with Gasteiger partial charge in [-0.1, -0.05) is 0 Å². The molecular formula is C19H23N3O5S2. The third-order valence-electron chi connectivity index (χ3n) is 4.61. The molecule has 1 aliphatic rings. The van der Waals surface area contributed by atoms with Crippen LogP contribution in [0.25, 0.3) is 0 Å². The summed E-state index contributed by atoms with van der Waals surface area (Å²) in [5.74, 6) is 0.347. The maximum Gasteiger partial charge on any atom is 0.264 e. The minimum absolute atomic E-state index is 0.120. The zero-order chi connectivity index (χ0) is 21.0. The van der Waals surface area contributed by atoms with Crippen LogP contribution in [0.1, 0.15) is 21.5 Å². The lowest BCUT2D eigenvalue weighted by Crippen LogP contribution is -2.50. The van der Waals surface area contributed by atoms with Gasteiger partial charge >= 0.3 is 0 Å². The molecule has 2 heterocycles. The molecule has 0 aliphatic carbocycles. The molecule has 29 heavy (non-hydrogen) atoms. The highest BCUT2D eigenvalue weighted by Crippen LogP contribution is 2.23. The summed E-state index contributed by atoms with van der Waals surface area (Å²) in [5.41, 5.74) is 0. The molecule has 1 aliphatic heterocycles. The number of carbonyl (C=O) groups is 2. The van der Waals surface area contributed by atoms with Gasteiger partial charge in [-0.25, -0.2) is 8.42 Å². The van der Waals surface area contributed by atoms with Gasteiger partial charge in [-0.05, 0) is 36.4 Å². The molecule has 0 spiro atoms.